The maximum atomic E-state index is 12.8. The highest BCUT2D eigenvalue weighted by Gasteiger charge is 2.26. The van der Waals surface area contributed by atoms with Crippen LogP contribution in [-0.2, 0) is 14.8 Å². The van der Waals surface area contributed by atoms with Crippen molar-refractivity contribution in [1.82, 2.24) is 9.73 Å². The van der Waals surface area contributed by atoms with Crippen molar-refractivity contribution in [3.8, 4) is 5.75 Å². The Morgan fingerprint density at radius 2 is 1.84 bits per heavy atom. The number of carbonyl (C=O) groups excluding carboxylic acids is 1. The molecule has 8 nitrogen and oxygen atoms in total. The Bertz CT molecular complexity index is 1250. The van der Waals surface area contributed by atoms with Crippen molar-refractivity contribution in [2.24, 2.45) is 5.10 Å². The zero-order chi connectivity index (χ0) is 21.8. The van der Waals surface area contributed by atoms with Gasteiger partial charge in [0.15, 0.2) is 0 Å². The summed E-state index contributed by atoms with van der Waals surface area (Å²) in [4.78, 5) is 12.6. The molecule has 4 rings (SSSR count). The summed E-state index contributed by atoms with van der Waals surface area (Å²) < 4.78 is 32.2. The van der Waals surface area contributed by atoms with E-state index in [1.807, 2.05) is 24.3 Å². The SMILES string of the molecule is O=C(NN=Cc1c(O)ccc2ccccc12)c1cccc(S(=O)(=O)N2CCOCC2)c1. The number of hydrogen-bond donors (Lipinski definition) is 2. The second kappa shape index (κ2) is 8.84. The molecule has 0 unspecified atom stereocenters. The fourth-order valence-corrected chi connectivity index (χ4v) is 4.83. The van der Waals surface area contributed by atoms with Crippen LogP contribution in [0.4, 0.5) is 0 Å². The van der Waals surface area contributed by atoms with E-state index >= 15 is 0 Å². The number of phenols is 1. The van der Waals surface area contributed by atoms with Crippen LogP contribution < -0.4 is 5.43 Å². The first-order chi connectivity index (χ1) is 15.0. The number of carbonyl (C=O) groups is 1. The number of amides is 1. The molecule has 0 spiro atoms. The first kappa shape index (κ1) is 21.0. The number of aromatic hydroxyl groups is 1. The van der Waals surface area contributed by atoms with Gasteiger partial charge in [0.25, 0.3) is 5.91 Å². The molecule has 9 heteroatoms. The van der Waals surface area contributed by atoms with Gasteiger partial charge in [0.1, 0.15) is 5.75 Å². The monoisotopic (exact) mass is 439 g/mol. The molecule has 1 heterocycles. The number of hydrogen-bond acceptors (Lipinski definition) is 6. The molecular formula is C22H21N3O5S. The van der Waals surface area contributed by atoms with Crippen LogP contribution in [0.2, 0.25) is 0 Å². The Balaban J connectivity index is 1.52. The van der Waals surface area contributed by atoms with Crippen molar-refractivity contribution in [1.29, 1.82) is 0 Å². The van der Waals surface area contributed by atoms with Crippen molar-refractivity contribution in [2.75, 3.05) is 26.3 Å². The Hall–Kier alpha value is -3.27. The van der Waals surface area contributed by atoms with Crippen LogP contribution in [0.15, 0.2) is 70.7 Å². The molecule has 1 amide bonds. The number of rotatable bonds is 5. The zero-order valence-corrected chi connectivity index (χ0v) is 17.4. The van der Waals surface area contributed by atoms with E-state index in [4.69, 9.17) is 4.74 Å². The second-order valence-electron chi connectivity index (χ2n) is 6.96. The van der Waals surface area contributed by atoms with Gasteiger partial charge in [-0.15, -0.1) is 0 Å². The quantitative estimate of drug-likeness (QED) is 0.469. The van der Waals surface area contributed by atoms with Crippen LogP contribution in [0.25, 0.3) is 10.8 Å². The summed E-state index contributed by atoms with van der Waals surface area (Å²) in [6.07, 6.45) is 1.36. The van der Waals surface area contributed by atoms with Crippen molar-refractivity contribution < 1.29 is 23.1 Å². The van der Waals surface area contributed by atoms with Gasteiger partial charge in [-0.2, -0.15) is 9.41 Å². The summed E-state index contributed by atoms with van der Waals surface area (Å²) in [5.74, 6) is -0.523. The largest absolute Gasteiger partial charge is 0.507 e. The van der Waals surface area contributed by atoms with E-state index in [1.54, 1.807) is 12.1 Å². The Morgan fingerprint density at radius 3 is 2.65 bits per heavy atom. The van der Waals surface area contributed by atoms with Gasteiger partial charge in [-0.3, -0.25) is 4.79 Å². The first-order valence-electron chi connectivity index (χ1n) is 9.69. The summed E-state index contributed by atoms with van der Waals surface area (Å²) in [6.45, 7) is 1.24. The van der Waals surface area contributed by atoms with Gasteiger partial charge < -0.3 is 9.84 Å². The van der Waals surface area contributed by atoms with Gasteiger partial charge >= 0.3 is 0 Å². The highest BCUT2D eigenvalue weighted by Crippen LogP contribution is 2.25. The summed E-state index contributed by atoms with van der Waals surface area (Å²) >= 11 is 0. The molecule has 0 aromatic heterocycles. The van der Waals surface area contributed by atoms with Gasteiger partial charge in [-0.05, 0) is 35.0 Å². The molecule has 160 valence electrons. The van der Waals surface area contributed by atoms with Gasteiger partial charge in [0.05, 0.1) is 24.3 Å². The molecule has 1 saturated heterocycles. The lowest BCUT2D eigenvalue weighted by atomic mass is 10.0. The van der Waals surface area contributed by atoms with Gasteiger partial charge in [-0.1, -0.05) is 36.4 Å². The molecule has 0 atom stereocenters. The topological polar surface area (TPSA) is 108 Å². The number of benzene rings is 3. The molecule has 1 fully saturated rings. The number of phenolic OH excluding ortho intramolecular Hbond substituents is 1. The van der Waals surface area contributed by atoms with Crippen molar-refractivity contribution in [3.05, 3.63) is 71.8 Å². The number of nitrogens with zero attached hydrogens (tertiary/aromatic N) is 2. The Labute approximate surface area is 179 Å². The summed E-state index contributed by atoms with van der Waals surface area (Å²) in [5, 5.41) is 15.8. The molecular weight excluding hydrogens is 418 g/mol. The maximum Gasteiger partial charge on any atom is 0.271 e. The minimum atomic E-state index is -3.71. The van der Waals surface area contributed by atoms with E-state index in [-0.39, 0.29) is 29.3 Å². The highest BCUT2D eigenvalue weighted by molar-refractivity contribution is 7.89. The molecule has 0 bridgehead atoms. The summed E-state index contributed by atoms with van der Waals surface area (Å²) in [7, 11) is -3.71. The smallest absolute Gasteiger partial charge is 0.271 e. The third kappa shape index (κ3) is 4.43. The van der Waals surface area contributed by atoms with Gasteiger partial charge in [-0.25, -0.2) is 13.8 Å². The first-order valence-corrected chi connectivity index (χ1v) is 11.1. The van der Waals surface area contributed by atoms with Crippen LogP contribution in [0.1, 0.15) is 15.9 Å². The summed E-state index contributed by atoms with van der Waals surface area (Å²) in [5.41, 5.74) is 3.02. The number of hydrazone groups is 1. The van der Waals surface area contributed by atoms with E-state index in [2.05, 4.69) is 10.5 Å². The van der Waals surface area contributed by atoms with Gasteiger partial charge in [0, 0.05) is 24.2 Å². The highest BCUT2D eigenvalue weighted by atomic mass is 32.2. The minimum absolute atomic E-state index is 0.0373. The standard InChI is InChI=1S/C22H21N3O5S/c26-21-9-8-16-4-1-2-7-19(16)20(21)15-23-24-22(27)17-5-3-6-18(14-17)31(28,29)25-10-12-30-13-11-25/h1-9,14-15,26H,10-13H2,(H,24,27). The average Bonchev–Trinajstić information content (AvgIpc) is 2.81. The zero-order valence-electron chi connectivity index (χ0n) is 16.6. The lowest BCUT2D eigenvalue weighted by molar-refractivity contribution is 0.0730. The molecule has 31 heavy (non-hydrogen) atoms. The third-order valence-corrected chi connectivity index (χ3v) is 6.91. The molecule has 0 saturated carbocycles. The molecule has 0 radical (unpaired) electrons. The number of sulfonamides is 1. The van der Waals surface area contributed by atoms with Crippen LogP contribution >= 0.6 is 0 Å². The fourth-order valence-electron chi connectivity index (χ4n) is 3.37. The lowest BCUT2D eigenvalue weighted by Gasteiger charge is -2.26. The fraction of sp³-hybridized carbons (Fsp3) is 0.182. The number of fused-ring (bicyclic) bond motifs is 1. The Kier molecular flexibility index (Phi) is 5.99. The van der Waals surface area contributed by atoms with Crippen LogP contribution in [-0.4, -0.2) is 56.3 Å². The third-order valence-electron chi connectivity index (χ3n) is 5.01. The Morgan fingerprint density at radius 1 is 1.06 bits per heavy atom. The molecule has 1 aliphatic rings. The molecule has 1 aliphatic heterocycles. The van der Waals surface area contributed by atoms with E-state index in [9.17, 15) is 18.3 Å². The molecule has 0 aliphatic carbocycles. The normalized spacial score (nSPS) is 15.4. The average molecular weight is 439 g/mol. The second-order valence-corrected chi connectivity index (χ2v) is 8.90. The lowest BCUT2D eigenvalue weighted by Crippen LogP contribution is -2.40. The van der Waals surface area contributed by atoms with E-state index in [0.717, 1.165) is 10.8 Å². The van der Waals surface area contributed by atoms with E-state index in [1.165, 1.54) is 34.8 Å². The van der Waals surface area contributed by atoms with E-state index < -0.39 is 15.9 Å². The van der Waals surface area contributed by atoms with Crippen LogP contribution in [0.5, 0.6) is 5.75 Å². The molecule has 3 aromatic carbocycles. The minimum Gasteiger partial charge on any atom is -0.507 e. The molecule has 2 N–H and O–H groups in total. The summed E-state index contributed by atoms with van der Waals surface area (Å²) in [6, 6.07) is 16.7. The van der Waals surface area contributed by atoms with E-state index in [0.29, 0.717) is 18.8 Å². The number of nitrogens with one attached hydrogen (secondary N) is 1. The number of ether oxygens (including phenoxy) is 1. The molecule has 3 aromatic rings. The number of morpholine rings is 1. The van der Waals surface area contributed by atoms with Gasteiger partial charge in [0.2, 0.25) is 10.0 Å². The van der Waals surface area contributed by atoms with Crippen LogP contribution in [0.3, 0.4) is 0 Å². The maximum absolute atomic E-state index is 12.8. The van der Waals surface area contributed by atoms with Crippen molar-refractivity contribution in [2.45, 2.75) is 4.90 Å². The van der Waals surface area contributed by atoms with Crippen LogP contribution in [0, 0.1) is 0 Å². The predicted octanol–water partition coefficient (Wildman–Crippen LogP) is 2.33. The van der Waals surface area contributed by atoms with Crippen molar-refractivity contribution in [3.63, 3.8) is 0 Å². The van der Waals surface area contributed by atoms with Crippen molar-refractivity contribution >= 4 is 32.9 Å². The predicted molar refractivity (Wildman–Crippen MR) is 117 cm³/mol.